The highest BCUT2D eigenvalue weighted by Crippen LogP contribution is 2.06. The van der Waals surface area contributed by atoms with E-state index in [9.17, 15) is 17.2 Å². The van der Waals surface area contributed by atoms with Crippen LogP contribution in [0, 0.1) is 5.82 Å². The van der Waals surface area contributed by atoms with Gasteiger partial charge in [-0.25, -0.2) is 8.78 Å². The van der Waals surface area contributed by atoms with E-state index in [1.165, 1.54) is 24.3 Å². The SMILES string of the molecule is O=S(=O)(O)C(F)COCc1ccc(F)cc1. The summed E-state index contributed by atoms with van der Waals surface area (Å²) >= 11 is 0. The molecule has 0 saturated heterocycles. The fraction of sp³-hybridized carbons (Fsp3) is 0.333. The molecule has 7 heteroatoms. The summed E-state index contributed by atoms with van der Waals surface area (Å²) in [6.07, 6.45) is 0. The Balaban J connectivity index is 2.39. The van der Waals surface area contributed by atoms with Gasteiger partial charge in [0, 0.05) is 0 Å². The van der Waals surface area contributed by atoms with Crippen molar-refractivity contribution in [2.24, 2.45) is 0 Å². The second kappa shape index (κ2) is 5.33. The lowest BCUT2D eigenvalue weighted by Gasteiger charge is -2.06. The van der Waals surface area contributed by atoms with Gasteiger partial charge in [-0.1, -0.05) is 12.1 Å². The molecule has 1 aromatic rings. The predicted octanol–water partition coefficient (Wildman–Crippen LogP) is 1.53. The molecule has 0 fully saturated rings. The van der Waals surface area contributed by atoms with E-state index >= 15 is 0 Å². The maximum Gasteiger partial charge on any atom is 0.299 e. The maximum atomic E-state index is 12.7. The highest BCUT2D eigenvalue weighted by Gasteiger charge is 2.21. The molecular formula is C9H10F2O4S. The zero-order chi connectivity index (χ0) is 12.2. The van der Waals surface area contributed by atoms with Gasteiger partial charge in [0.25, 0.3) is 10.1 Å². The zero-order valence-electron chi connectivity index (χ0n) is 8.14. The van der Waals surface area contributed by atoms with E-state index in [1.54, 1.807) is 0 Å². The minimum Gasteiger partial charge on any atom is -0.373 e. The van der Waals surface area contributed by atoms with Crippen LogP contribution < -0.4 is 0 Å². The highest BCUT2D eigenvalue weighted by atomic mass is 32.2. The number of halogens is 2. The molecule has 1 unspecified atom stereocenters. The van der Waals surface area contributed by atoms with Gasteiger partial charge in [0.15, 0.2) is 0 Å². The van der Waals surface area contributed by atoms with Gasteiger partial charge in [-0.2, -0.15) is 8.42 Å². The molecular weight excluding hydrogens is 242 g/mol. The molecule has 0 spiro atoms. The van der Waals surface area contributed by atoms with E-state index in [0.717, 1.165) is 0 Å². The Morgan fingerprint density at radius 2 is 1.88 bits per heavy atom. The van der Waals surface area contributed by atoms with Crippen LogP contribution in [-0.2, 0) is 21.5 Å². The molecule has 1 N–H and O–H groups in total. The lowest BCUT2D eigenvalue weighted by Crippen LogP contribution is -2.21. The van der Waals surface area contributed by atoms with Gasteiger partial charge in [-0.05, 0) is 17.7 Å². The molecule has 0 bridgehead atoms. The first-order valence-corrected chi connectivity index (χ1v) is 5.82. The van der Waals surface area contributed by atoms with Gasteiger partial charge in [0.1, 0.15) is 5.82 Å². The van der Waals surface area contributed by atoms with Crippen LogP contribution in [0.15, 0.2) is 24.3 Å². The summed E-state index contributed by atoms with van der Waals surface area (Å²) in [4.78, 5) is 0. The van der Waals surface area contributed by atoms with Crippen LogP contribution in [0.3, 0.4) is 0 Å². The third kappa shape index (κ3) is 4.21. The Morgan fingerprint density at radius 1 is 1.31 bits per heavy atom. The zero-order valence-corrected chi connectivity index (χ0v) is 8.95. The minimum absolute atomic E-state index is 0.0593. The van der Waals surface area contributed by atoms with E-state index in [-0.39, 0.29) is 6.61 Å². The molecule has 0 amide bonds. The normalized spacial score (nSPS) is 13.7. The van der Waals surface area contributed by atoms with Gasteiger partial charge < -0.3 is 4.74 Å². The fourth-order valence-electron chi connectivity index (χ4n) is 0.936. The molecule has 0 radical (unpaired) electrons. The Kier molecular flexibility index (Phi) is 4.34. The van der Waals surface area contributed by atoms with Crippen molar-refractivity contribution in [3.05, 3.63) is 35.6 Å². The first kappa shape index (κ1) is 13.0. The van der Waals surface area contributed by atoms with E-state index in [4.69, 9.17) is 9.29 Å². The van der Waals surface area contributed by atoms with Crippen LogP contribution in [0.5, 0.6) is 0 Å². The smallest absolute Gasteiger partial charge is 0.299 e. The van der Waals surface area contributed by atoms with E-state index < -0.39 is 28.0 Å². The molecule has 0 aliphatic carbocycles. The van der Waals surface area contributed by atoms with Crippen molar-refractivity contribution in [2.75, 3.05) is 6.61 Å². The van der Waals surface area contributed by atoms with Crippen molar-refractivity contribution in [1.29, 1.82) is 0 Å². The average Bonchev–Trinajstić information content (AvgIpc) is 2.19. The van der Waals surface area contributed by atoms with Gasteiger partial charge in [-0.15, -0.1) is 0 Å². The lowest BCUT2D eigenvalue weighted by molar-refractivity contribution is 0.0914. The van der Waals surface area contributed by atoms with Crippen LogP contribution in [0.4, 0.5) is 8.78 Å². The van der Waals surface area contributed by atoms with Crippen molar-refractivity contribution in [1.82, 2.24) is 0 Å². The van der Waals surface area contributed by atoms with Crippen LogP contribution in [0.1, 0.15) is 5.56 Å². The van der Waals surface area contributed by atoms with Gasteiger partial charge in [0.2, 0.25) is 5.50 Å². The third-order valence-electron chi connectivity index (χ3n) is 1.75. The second-order valence-corrected chi connectivity index (χ2v) is 4.61. The number of hydrogen-bond donors (Lipinski definition) is 1. The maximum absolute atomic E-state index is 12.7. The topological polar surface area (TPSA) is 63.6 Å². The fourth-order valence-corrected chi connectivity index (χ4v) is 1.20. The summed E-state index contributed by atoms with van der Waals surface area (Å²) in [7, 11) is -4.72. The van der Waals surface area contributed by atoms with Crippen molar-refractivity contribution in [2.45, 2.75) is 12.1 Å². The number of ether oxygens (including phenoxy) is 1. The second-order valence-electron chi connectivity index (χ2n) is 3.07. The quantitative estimate of drug-likeness (QED) is 0.807. The number of hydrogen-bond acceptors (Lipinski definition) is 3. The molecule has 0 aliphatic heterocycles. The average molecular weight is 252 g/mol. The number of rotatable bonds is 5. The summed E-state index contributed by atoms with van der Waals surface area (Å²) < 4.78 is 58.7. The first-order valence-electron chi connectivity index (χ1n) is 4.32. The summed E-state index contributed by atoms with van der Waals surface area (Å²) in [5.74, 6) is -0.412. The van der Waals surface area contributed by atoms with E-state index in [0.29, 0.717) is 5.56 Å². The van der Waals surface area contributed by atoms with Gasteiger partial charge >= 0.3 is 0 Å². The first-order chi connectivity index (χ1) is 7.39. The molecule has 0 saturated carbocycles. The Morgan fingerprint density at radius 3 is 2.38 bits per heavy atom. The summed E-state index contributed by atoms with van der Waals surface area (Å²) in [6.45, 7) is -0.827. The summed E-state index contributed by atoms with van der Waals surface area (Å²) in [6, 6.07) is 5.26. The molecule has 1 aromatic carbocycles. The monoisotopic (exact) mass is 252 g/mol. The number of alkyl halides is 1. The van der Waals surface area contributed by atoms with Gasteiger partial charge in [0.05, 0.1) is 13.2 Å². The lowest BCUT2D eigenvalue weighted by atomic mass is 10.2. The molecule has 4 nitrogen and oxygen atoms in total. The largest absolute Gasteiger partial charge is 0.373 e. The van der Waals surface area contributed by atoms with Crippen molar-refractivity contribution in [3.63, 3.8) is 0 Å². The van der Waals surface area contributed by atoms with Gasteiger partial charge in [-0.3, -0.25) is 4.55 Å². The standard InChI is InChI=1S/C9H10F2O4S/c10-8-3-1-7(2-4-8)5-15-6-9(11)16(12,13)14/h1-4,9H,5-6H2,(H,12,13,14). The highest BCUT2D eigenvalue weighted by molar-refractivity contribution is 7.86. The molecule has 90 valence electrons. The molecule has 0 heterocycles. The van der Waals surface area contributed by atoms with E-state index in [2.05, 4.69) is 0 Å². The van der Waals surface area contributed by atoms with Crippen LogP contribution >= 0.6 is 0 Å². The van der Waals surface area contributed by atoms with Crippen LogP contribution in [0.25, 0.3) is 0 Å². The molecule has 1 rings (SSSR count). The minimum atomic E-state index is -4.72. The Hall–Kier alpha value is -1.05. The summed E-state index contributed by atoms with van der Waals surface area (Å²) in [5, 5.41) is 0. The van der Waals surface area contributed by atoms with E-state index in [1.807, 2.05) is 0 Å². The Bertz CT molecular complexity index is 429. The van der Waals surface area contributed by atoms with Crippen molar-refractivity contribution >= 4 is 10.1 Å². The van der Waals surface area contributed by atoms with Crippen LogP contribution in [-0.4, -0.2) is 25.1 Å². The van der Waals surface area contributed by atoms with Crippen molar-refractivity contribution in [3.8, 4) is 0 Å². The molecule has 0 aliphatic rings. The van der Waals surface area contributed by atoms with Crippen molar-refractivity contribution < 1.29 is 26.5 Å². The van der Waals surface area contributed by atoms with Crippen LogP contribution in [0.2, 0.25) is 0 Å². The predicted molar refractivity (Wildman–Crippen MR) is 52.5 cm³/mol. The summed E-state index contributed by atoms with van der Waals surface area (Å²) in [5.41, 5.74) is -1.89. The number of benzene rings is 1. The Labute approximate surface area is 91.6 Å². The molecule has 0 aromatic heterocycles. The molecule has 1 atom stereocenters. The molecule has 16 heavy (non-hydrogen) atoms. The third-order valence-corrected chi connectivity index (χ3v) is 2.54.